The van der Waals surface area contributed by atoms with Crippen molar-refractivity contribution in [3.63, 3.8) is 0 Å². The lowest BCUT2D eigenvalue weighted by molar-refractivity contribution is -0.340. The summed E-state index contributed by atoms with van der Waals surface area (Å²) in [6.45, 7) is 11.9. The molecule has 5 aliphatic rings. The van der Waals surface area contributed by atoms with Crippen molar-refractivity contribution in [1.29, 1.82) is 0 Å². The number of ether oxygens (including phenoxy) is 5. The van der Waals surface area contributed by atoms with Crippen LogP contribution in [0.3, 0.4) is 0 Å². The molecule has 1 aromatic carbocycles. The van der Waals surface area contributed by atoms with Gasteiger partial charge in [0, 0.05) is 25.2 Å². The van der Waals surface area contributed by atoms with Gasteiger partial charge in [0.05, 0.1) is 29.9 Å². The number of carboxylic acids is 1. The third-order valence-corrected chi connectivity index (χ3v) is 12.1. The number of benzene rings is 1. The third kappa shape index (κ3) is 7.69. The Hall–Kier alpha value is -3.61. The number of allylic oxidation sites excluding steroid dienone is 2. The second-order valence-corrected chi connectivity index (χ2v) is 15.8. The van der Waals surface area contributed by atoms with Gasteiger partial charge >= 0.3 is 17.9 Å². The molecule has 288 valence electrons. The van der Waals surface area contributed by atoms with E-state index in [1.165, 1.54) is 12.1 Å². The van der Waals surface area contributed by atoms with Crippen LogP contribution in [0.25, 0.3) is 0 Å². The zero-order chi connectivity index (χ0) is 38.2. The lowest BCUT2D eigenvalue weighted by atomic mass is 9.71. The molecule has 4 heterocycles. The molecule has 11 heteroatoms. The molecule has 0 aromatic heterocycles. The van der Waals surface area contributed by atoms with Crippen molar-refractivity contribution < 1.29 is 53.4 Å². The van der Waals surface area contributed by atoms with Crippen LogP contribution in [0.1, 0.15) is 101 Å². The van der Waals surface area contributed by atoms with E-state index in [0.717, 1.165) is 18.4 Å². The summed E-state index contributed by atoms with van der Waals surface area (Å²) in [7, 11) is 0. The number of aliphatic hydroxyl groups excluding tert-OH is 1. The summed E-state index contributed by atoms with van der Waals surface area (Å²) in [5.41, 5.74) is -0.434. The summed E-state index contributed by atoms with van der Waals surface area (Å²) in [5, 5.41) is 33.2. The van der Waals surface area contributed by atoms with Crippen molar-refractivity contribution in [1.82, 2.24) is 0 Å². The molecule has 53 heavy (non-hydrogen) atoms. The standard InChI is InChI=1S/C42H54O11/c1-7-23(2)36-26(5)17-18-41(53-36)21-30-20-29(52-41)16-15-25(4)35(51-39(46)32-14-9-8-13-31(32)38(44)45)24(3)11-10-12-28-22-49-37-34(43)27(6)19-33(40(47)50-30)42(28,37)48/h8-15,19,23-24,26,29-30,33-37,43,48H,7,16-18,20-22H2,1-6H3,(H,44,45)/b11-10+,25-15+,28-12+/t23-,24-,26-,29+,30-,33-,34+,35-,36+,37+,41+,42+/m0/s1. The van der Waals surface area contributed by atoms with Crippen molar-refractivity contribution in [3.05, 3.63) is 82.5 Å². The van der Waals surface area contributed by atoms with Crippen molar-refractivity contribution >= 4 is 17.9 Å². The van der Waals surface area contributed by atoms with Crippen LogP contribution in [0.15, 0.2) is 71.4 Å². The molecule has 4 aliphatic heterocycles. The van der Waals surface area contributed by atoms with Gasteiger partial charge < -0.3 is 39.0 Å². The van der Waals surface area contributed by atoms with Crippen LogP contribution in [0.4, 0.5) is 0 Å². The number of esters is 2. The number of hydrogen-bond donors (Lipinski definition) is 3. The van der Waals surface area contributed by atoms with Gasteiger partial charge in [-0.25, -0.2) is 9.59 Å². The maximum absolute atomic E-state index is 14.2. The fraction of sp³-hybridized carbons (Fsp3) is 0.595. The molecule has 3 fully saturated rings. The van der Waals surface area contributed by atoms with Crippen LogP contribution >= 0.6 is 0 Å². The van der Waals surface area contributed by atoms with E-state index < -0.39 is 71.7 Å². The van der Waals surface area contributed by atoms with Gasteiger partial charge in [-0.3, -0.25) is 4.79 Å². The van der Waals surface area contributed by atoms with E-state index in [1.807, 2.05) is 26.0 Å². The Morgan fingerprint density at radius 3 is 2.53 bits per heavy atom. The lowest BCUT2D eigenvalue weighted by Crippen LogP contribution is -2.58. The Bertz CT molecular complexity index is 1690. The molecule has 11 nitrogen and oxygen atoms in total. The summed E-state index contributed by atoms with van der Waals surface area (Å²) >= 11 is 0. The maximum Gasteiger partial charge on any atom is 0.339 e. The molecule has 1 spiro atoms. The summed E-state index contributed by atoms with van der Waals surface area (Å²) in [5.74, 6) is -4.52. The van der Waals surface area contributed by atoms with Gasteiger partial charge in [0.15, 0.2) is 5.79 Å². The first-order chi connectivity index (χ1) is 25.2. The van der Waals surface area contributed by atoms with Crippen molar-refractivity contribution in [3.8, 4) is 0 Å². The molecule has 0 radical (unpaired) electrons. The van der Waals surface area contributed by atoms with Crippen LogP contribution in [-0.2, 0) is 28.5 Å². The van der Waals surface area contributed by atoms with E-state index in [9.17, 15) is 29.7 Å². The Kier molecular flexibility index (Phi) is 11.5. The van der Waals surface area contributed by atoms with Crippen molar-refractivity contribution in [2.45, 2.75) is 128 Å². The number of hydrogen-bond acceptors (Lipinski definition) is 10. The first kappa shape index (κ1) is 39.1. The van der Waals surface area contributed by atoms with Crippen molar-refractivity contribution in [2.24, 2.45) is 23.7 Å². The fourth-order valence-electron chi connectivity index (χ4n) is 8.77. The first-order valence-electron chi connectivity index (χ1n) is 19.0. The molecule has 0 amide bonds. The van der Waals surface area contributed by atoms with E-state index in [4.69, 9.17) is 23.7 Å². The predicted molar refractivity (Wildman–Crippen MR) is 195 cm³/mol. The summed E-state index contributed by atoms with van der Waals surface area (Å²) in [6.07, 6.45) is 8.27. The number of carbonyl (C=O) groups excluding carboxylic acids is 2. The second kappa shape index (κ2) is 15.6. The predicted octanol–water partition coefficient (Wildman–Crippen LogP) is 6.09. The van der Waals surface area contributed by atoms with Crippen LogP contribution in [0.2, 0.25) is 0 Å². The molecule has 1 aliphatic carbocycles. The Balaban J connectivity index is 1.40. The Morgan fingerprint density at radius 2 is 1.81 bits per heavy atom. The number of fused-ring (bicyclic) bond motifs is 2. The normalized spacial score (nSPS) is 40.7. The number of aliphatic hydroxyl groups is 2. The van der Waals surface area contributed by atoms with E-state index in [1.54, 1.807) is 37.3 Å². The lowest BCUT2D eigenvalue weighted by Gasteiger charge is -2.51. The smallest absolute Gasteiger partial charge is 0.339 e. The average molecular weight is 735 g/mol. The summed E-state index contributed by atoms with van der Waals surface area (Å²) in [6, 6.07) is 5.94. The monoisotopic (exact) mass is 734 g/mol. The van der Waals surface area contributed by atoms with Gasteiger partial charge in [0.2, 0.25) is 0 Å². The Morgan fingerprint density at radius 1 is 1.08 bits per heavy atom. The maximum atomic E-state index is 14.2. The van der Waals surface area contributed by atoms with Gasteiger partial charge in [0.25, 0.3) is 0 Å². The SMILES string of the molecule is CC[C@H](C)[C@H]1O[C@]2(CC[C@@H]1C)C[C@@H]1C[C@@H](C/C=C(\C)[C@@H](OC(=O)c3ccccc3C(=O)O)[C@@H](C)/C=C/C=C3\CO[C@@H]4[C@H](O)C(C)=C[C@@H](C(=O)O1)[C@]34O)O2. The average Bonchev–Trinajstić information content (AvgIpc) is 3.47. The van der Waals surface area contributed by atoms with Crippen LogP contribution < -0.4 is 0 Å². The zero-order valence-electron chi connectivity index (χ0n) is 31.5. The van der Waals surface area contributed by atoms with Gasteiger partial charge in [-0.1, -0.05) is 76.6 Å². The number of rotatable bonds is 5. The molecule has 6 rings (SSSR count). The van der Waals surface area contributed by atoms with E-state index in [2.05, 4.69) is 20.8 Å². The highest BCUT2D eigenvalue weighted by Gasteiger charge is 2.60. The molecule has 0 saturated carbocycles. The molecule has 0 unspecified atom stereocenters. The topological polar surface area (TPSA) is 158 Å². The summed E-state index contributed by atoms with van der Waals surface area (Å²) < 4.78 is 32.1. The van der Waals surface area contributed by atoms with Gasteiger partial charge in [-0.05, 0) is 67.4 Å². The molecular formula is C42H54O11. The molecule has 12 atom stereocenters. The second-order valence-electron chi connectivity index (χ2n) is 15.8. The minimum atomic E-state index is -1.87. The van der Waals surface area contributed by atoms with Crippen molar-refractivity contribution in [2.75, 3.05) is 6.61 Å². The van der Waals surface area contributed by atoms with E-state index in [-0.39, 0.29) is 29.8 Å². The molecule has 2 bridgehead atoms. The highest BCUT2D eigenvalue weighted by Crippen LogP contribution is 2.48. The van der Waals surface area contributed by atoms with Crippen LogP contribution in [0.5, 0.6) is 0 Å². The third-order valence-electron chi connectivity index (χ3n) is 12.1. The highest BCUT2D eigenvalue weighted by molar-refractivity contribution is 6.02. The molecule has 3 N–H and O–H groups in total. The van der Waals surface area contributed by atoms with Gasteiger partial charge in [-0.2, -0.15) is 0 Å². The minimum absolute atomic E-state index is 0.0172. The molecular weight excluding hydrogens is 680 g/mol. The minimum Gasteiger partial charge on any atom is -0.478 e. The zero-order valence-corrected chi connectivity index (χ0v) is 31.5. The van der Waals surface area contributed by atoms with Crippen LogP contribution in [0, 0.1) is 23.7 Å². The number of carboxylic acid groups (broad SMARTS) is 1. The number of aromatic carboxylic acids is 1. The van der Waals surface area contributed by atoms with Gasteiger partial charge in [0.1, 0.15) is 35.9 Å². The highest BCUT2D eigenvalue weighted by atomic mass is 16.7. The molecule has 1 aromatic rings. The number of carbonyl (C=O) groups is 3. The largest absolute Gasteiger partial charge is 0.478 e. The summed E-state index contributed by atoms with van der Waals surface area (Å²) in [4.78, 5) is 39.7. The van der Waals surface area contributed by atoms with Gasteiger partial charge in [-0.15, -0.1) is 0 Å². The van der Waals surface area contributed by atoms with Crippen LogP contribution in [-0.4, -0.2) is 87.8 Å². The van der Waals surface area contributed by atoms with E-state index >= 15 is 0 Å². The first-order valence-corrected chi connectivity index (χ1v) is 19.0. The fourth-order valence-corrected chi connectivity index (χ4v) is 8.77. The molecule has 3 saturated heterocycles. The Labute approximate surface area is 311 Å². The van der Waals surface area contributed by atoms with E-state index in [0.29, 0.717) is 42.7 Å². The quantitative estimate of drug-likeness (QED) is 0.237.